The predicted molar refractivity (Wildman–Crippen MR) is 96.1 cm³/mol. The molecule has 0 bridgehead atoms. The summed E-state index contributed by atoms with van der Waals surface area (Å²) in [4.78, 5) is 17.1. The summed E-state index contributed by atoms with van der Waals surface area (Å²) in [5, 5.41) is 3.05. The van der Waals surface area contributed by atoms with E-state index >= 15 is 0 Å². The second-order valence-electron chi connectivity index (χ2n) is 7.87. The Kier molecular flexibility index (Phi) is 7.36. The van der Waals surface area contributed by atoms with E-state index in [0.29, 0.717) is 13.1 Å². The zero-order valence-electron chi connectivity index (χ0n) is 15.2. The van der Waals surface area contributed by atoms with Crippen LogP contribution in [-0.4, -0.2) is 74.2 Å². The zero-order valence-corrected chi connectivity index (χ0v) is 15.2. The highest BCUT2D eigenvalue weighted by molar-refractivity contribution is 5.78. The SMILES string of the molecule is O=C(CN1CCCN(CC2CCCCC2)CC1)NCC1CCCO1. The van der Waals surface area contributed by atoms with Crippen molar-refractivity contribution in [3.8, 4) is 0 Å². The minimum atomic E-state index is 0.159. The van der Waals surface area contributed by atoms with E-state index in [1.165, 1.54) is 51.6 Å². The van der Waals surface area contributed by atoms with Gasteiger partial charge in [-0.25, -0.2) is 0 Å². The standard InChI is InChI=1S/C19H35N3O2/c23-19(20-14-18-8-4-13-24-18)16-22-10-5-9-21(11-12-22)15-17-6-2-1-3-7-17/h17-18H,1-16H2,(H,20,23). The van der Waals surface area contributed by atoms with Gasteiger partial charge in [0.05, 0.1) is 12.6 Å². The van der Waals surface area contributed by atoms with E-state index in [1.54, 1.807) is 0 Å². The minimum Gasteiger partial charge on any atom is -0.376 e. The maximum Gasteiger partial charge on any atom is 0.234 e. The summed E-state index contributed by atoms with van der Waals surface area (Å²) in [6.07, 6.45) is 10.8. The van der Waals surface area contributed by atoms with Gasteiger partial charge in [-0.2, -0.15) is 0 Å². The first-order chi connectivity index (χ1) is 11.8. The van der Waals surface area contributed by atoms with Crippen LogP contribution in [0.15, 0.2) is 0 Å². The van der Waals surface area contributed by atoms with Gasteiger partial charge in [0, 0.05) is 32.8 Å². The van der Waals surface area contributed by atoms with Crippen LogP contribution in [0.1, 0.15) is 51.4 Å². The van der Waals surface area contributed by atoms with Gasteiger partial charge >= 0.3 is 0 Å². The van der Waals surface area contributed by atoms with Crippen LogP contribution in [0, 0.1) is 5.92 Å². The molecule has 2 saturated heterocycles. The number of carbonyl (C=O) groups is 1. The first-order valence-corrected chi connectivity index (χ1v) is 10.1. The monoisotopic (exact) mass is 337 g/mol. The highest BCUT2D eigenvalue weighted by Crippen LogP contribution is 2.24. The fraction of sp³-hybridized carbons (Fsp3) is 0.947. The molecule has 2 heterocycles. The molecule has 3 rings (SSSR count). The third-order valence-electron chi connectivity index (χ3n) is 5.84. The molecule has 1 unspecified atom stereocenters. The van der Waals surface area contributed by atoms with Gasteiger partial charge in [0.25, 0.3) is 0 Å². The lowest BCUT2D eigenvalue weighted by molar-refractivity contribution is -0.122. The Labute approximate surface area is 147 Å². The van der Waals surface area contributed by atoms with Gasteiger partial charge in [-0.1, -0.05) is 19.3 Å². The van der Waals surface area contributed by atoms with Crippen LogP contribution in [-0.2, 0) is 9.53 Å². The average molecular weight is 338 g/mol. The molecular weight excluding hydrogens is 302 g/mol. The maximum atomic E-state index is 12.2. The van der Waals surface area contributed by atoms with Crippen LogP contribution in [0.4, 0.5) is 0 Å². The molecule has 1 N–H and O–H groups in total. The van der Waals surface area contributed by atoms with Crippen molar-refractivity contribution in [3.05, 3.63) is 0 Å². The molecule has 0 aromatic carbocycles. The highest BCUT2D eigenvalue weighted by Gasteiger charge is 2.21. The number of amides is 1. The molecule has 1 amide bonds. The van der Waals surface area contributed by atoms with Crippen molar-refractivity contribution in [3.63, 3.8) is 0 Å². The molecular formula is C19H35N3O2. The largest absolute Gasteiger partial charge is 0.376 e. The molecule has 0 aromatic rings. The summed E-state index contributed by atoms with van der Waals surface area (Å²) in [5.41, 5.74) is 0. The van der Waals surface area contributed by atoms with Gasteiger partial charge in [-0.05, 0) is 51.1 Å². The van der Waals surface area contributed by atoms with E-state index in [9.17, 15) is 4.79 Å². The Morgan fingerprint density at radius 3 is 2.50 bits per heavy atom. The molecule has 1 atom stereocenters. The molecule has 24 heavy (non-hydrogen) atoms. The molecule has 1 saturated carbocycles. The molecule has 1 aliphatic carbocycles. The lowest BCUT2D eigenvalue weighted by atomic mass is 9.89. The van der Waals surface area contributed by atoms with Crippen LogP contribution in [0.3, 0.4) is 0 Å². The number of nitrogens with zero attached hydrogens (tertiary/aromatic N) is 2. The van der Waals surface area contributed by atoms with Crippen LogP contribution in [0.2, 0.25) is 0 Å². The van der Waals surface area contributed by atoms with Crippen molar-refractivity contribution in [2.75, 3.05) is 52.4 Å². The molecule has 0 radical (unpaired) electrons. The summed E-state index contributed by atoms with van der Waals surface area (Å²) in [7, 11) is 0. The normalized spacial score (nSPS) is 27.9. The van der Waals surface area contributed by atoms with Crippen molar-refractivity contribution in [2.45, 2.75) is 57.5 Å². The highest BCUT2D eigenvalue weighted by atomic mass is 16.5. The molecule has 2 aliphatic heterocycles. The molecule has 3 fully saturated rings. The number of ether oxygens (including phenoxy) is 1. The number of carbonyl (C=O) groups excluding carboxylic acids is 1. The minimum absolute atomic E-state index is 0.159. The molecule has 0 spiro atoms. The topological polar surface area (TPSA) is 44.8 Å². The smallest absolute Gasteiger partial charge is 0.234 e. The Morgan fingerprint density at radius 2 is 1.71 bits per heavy atom. The van der Waals surface area contributed by atoms with E-state index < -0.39 is 0 Å². The Morgan fingerprint density at radius 1 is 0.917 bits per heavy atom. The maximum absolute atomic E-state index is 12.2. The molecule has 3 aliphatic rings. The third kappa shape index (κ3) is 6.01. The molecule has 138 valence electrons. The number of hydrogen-bond acceptors (Lipinski definition) is 4. The lowest BCUT2D eigenvalue weighted by Crippen LogP contribution is -2.41. The van der Waals surface area contributed by atoms with Gasteiger partial charge < -0.3 is 15.0 Å². The molecule has 0 aromatic heterocycles. The van der Waals surface area contributed by atoms with Gasteiger partial charge in [0.1, 0.15) is 0 Å². The fourth-order valence-corrected chi connectivity index (χ4v) is 4.39. The first-order valence-electron chi connectivity index (χ1n) is 10.1. The van der Waals surface area contributed by atoms with Crippen molar-refractivity contribution < 1.29 is 9.53 Å². The van der Waals surface area contributed by atoms with Crippen molar-refractivity contribution in [2.24, 2.45) is 5.92 Å². The van der Waals surface area contributed by atoms with Crippen LogP contribution < -0.4 is 5.32 Å². The van der Waals surface area contributed by atoms with Gasteiger partial charge in [0.2, 0.25) is 5.91 Å². The average Bonchev–Trinajstić information content (AvgIpc) is 3.03. The van der Waals surface area contributed by atoms with Crippen molar-refractivity contribution >= 4 is 5.91 Å². The predicted octanol–water partition coefficient (Wildman–Crippen LogP) is 1.87. The first kappa shape index (κ1) is 18.2. The fourth-order valence-electron chi connectivity index (χ4n) is 4.39. The third-order valence-corrected chi connectivity index (χ3v) is 5.84. The lowest BCUT2D eigenvalue weighted by Gasteiger charge is -2.28. The molecule has 5 heteroatoms. The van der Waals surface area contributed by atoms with Crippen LogP contribution in [0.5, 0.6) is 0 Å². The Hall–Kier alpha value is -0.650. The van der Waals surface area contributed by atoms with E-state index in [1.807, 2.05) is 0 Å². The van der Waals surface area contributed by atoms with Crippen molar-refractivity contribution in [1.29, 1.82) is 0 Å². The van der Waals surface area contributed by atoms with Crippen LogP contribution in [0.25, 0.3) is 0 Å². The summed E-state index contributed by atoms with van der Waals surface area (Å²) in [6, 6.07) is 0. The number of rotatable bonds is 6. The summed E-state index contributed by atoms with van der Waals surface area (Å²) in [5.74, 6) is 1.08. The van der Waals surface area contributed by atoms with Gasteiger partial charge in [-0.3, -0.25) is 9.69 Å². The summed E-state index contributed by atoms with van der Waals surface area (Å²) < 4.78 is 5.56. The Balaban J connectivity index is 1.33. The van der Waals surface area contributed by atoms with Gasteiger partial charge in [0.15, 0.2) is 0 Å². The van der Waals surface area contributed by atoms with Gasteiger partial charge in [-0.15, -0.1) is 0 Å². The number of hydrogen-bond donors (Lipinski definition) is 1. The second kappa shape index (κ2) is 9.73. The summed E-state index contributed by atoms with van der Waals surface area (Å²) >= 11 is 0. The second-order valence-corrected chi connectivity index (χ2v) is 7.87. The zero-order chi connectivity index (χ0) is 16.6. The van der Waals surface area contributed by atoms with Crippen LogP contribution >= 0.6 is 0 Å². The number of nitrogens with one attached hydrogen (secondary N) is 1. The van der Waals surface area contributed by atoms with E-state index in [4.69, 9.17) is 4.74 Å². The van der Waals surface area contributed by atoms with E-state index in [2.05, 4.69) is 15.1 Å². The van der Waals surface area contributed by atoms with E-state index in [0.717, 1.165) is 45.0 Å². The summed E-state index contributed by atoms with van der Waals surface area (Å²) in [6.45, 7) is 7.75. The van der Waals surface area contributed by atoms with Crippen molar-refractivity contribution in [1.82, 2.24) is 15.1 Å². The Bertz CT molecular complexity index is 379. The van der Waals surface area contributed by atoms with E-state index in [-0.39, 0.29) is 12.0 Å². The quantitative estimate of drug-likeness (QED) is 0.804. The molecule has 5 nitrogen and oxygen atoms in total.